The van der Waals surface area contributed by atoms with Crippen LogP contribution in [-0.2, 0) is 19.2 Å². The zero-order valence-electron chi connectivity index (χ0n) is 28.7. The van der Waals surface area contributed by atoms with Gasteiger partial charge in [0.05, 0.1) is 6.04 Å². The number of fused-ring (bicyclic) bond motifs is 1. The van der Waals surface area contributed by atoms with Crippen LogP contribution in [0.2, 0.25) is 0 Å². The van der Waals surface area contributed by atoms with Crippen molar-refractivity contribution in [3.05, 3.63) is 25.3 Å². The first-order chi connectivity index (χ1) is 20.1. The molecule has 0 aromatic heterocycles. The molecule has 1 saturated heterocycles. The summed E-state index contributed by atoms with van der Waals surface area (Å²) in [7, 11) is 0. The number of Topliss-reactive ketones (excluding diaryl/α,β-unsaturated/α-hetero) is 1. The molecule has 4 N–H and O–H groups in total. The van der Waals surface area contributed by atoms with Gasteiger partial charge in [-0.25, -0.2) is 4.79 Å². The summed E-state index contributed by atoms with van der Waals surface area (Å²) in [6.45, 7) is 27.9. The third-order valence-corrected chi connectivity index (χ3v) is 8.72. The van der Waals surface area contributed by atoms with Crippen LogP contribution in [-0.4, -0.2) is 71.2 Å². The van der Waals surface area contributed by atoms with Gasteiger partial charge in [-0.2, -0.15) is 0 Å². The molecule has 44 heavy (non-hydrogen) atoms. The lowest BCUT2D eigenvalue weighted by atomic mass is 9.82. The Balaban J connectivity index is 2.30. The molecule has 5 amide bonds. The van der Waals surface area contributed by atoms with E-state index in [9.17, 15) is 24.0 Å². The fourth-order valence-electron chi connectivity index (χ4n) is 6.82. The Hall–Kier alpha value is -3.17. The zero-order chi connectivity index (χ0) is 33.8. The number of rotatable bonds is 14. The average Bonchev–Trinajstić information content (AvgIpc) is 3.19. The van der Waals surface area contributed by atoms with Gasteiger partial charge in [0.1, 0.15) is 12.1 Å². The molecule has 0 aromatic rings. The number of ketones is 1. The van der Waals surface area contributed by atoms with Crippen molar-refractivity contribution in [3.8, 4) is 0 Å². The Kier molecular flexibility index (Phi) is 11.7. The molecule has 1 unspecified atom stereocenters. The van der Waals surface area contributed by atoms with E-state index in [-0.39, 0.29) is 41.5 Å². The molecule has 1 saturated carbocycles. The number of amides is 5. The van der Waals surface area contributed by atoms with Crippen molar-refractivity contribution < 1.29 is 24.0 Å². The van der Waals surface area contributed by atoms with Crippen molar-refractivity contribution in [2.45, 2.75) is 119 Å². The standard InChI is InChI=1S/C34H57N5O5/c1-13-15-17-22(25(40)28(42)35-18-16-14-2)36-27(41)24-23-21(34(23,11)12)19-39(24)29(43)26(32(6,7)8)37-30(44)38-33(9,10)20-31(3,4)5/h13-14,21-24,26H,1-2,15-20H2,3-12H3,(H,35,42)(H,36,41)(H2,37,38,44)/t21-,22?,23-,24-,26+/m0/s1. The summed E-state index contributed by atoms with van der Waals surface area (Å²) in [5, 5.41) is 11.3. The first-order valence-electron chi connectivity index (χ1n) is 15.8. The Morgan fingerprint density at radius 1 is 0.932 bits per heavy atom. The van der Waals surface area contributed by atoms with Gasteiger partial charge in [-0.15, -0.1) is 13.2 Å². The van der Waals surface area contributed by atoms with Crippen molar-refractivity contribution in [1.29, 1.82) is 0 Å². The van der Waals surface area contributed by atoms with Crippen LogP contribution in [0.3, 0.4) is 0 Å². The zero-order valence-corrected chi connectivity index (χ0v) is 28.7. The van der Waals surface area contributed by atoms with E-state index in [4.69, 9.17) is 0 Å². The van der Waals surface area contributed by atoms with Gasteiger partial charge in [-0.05, 0) is 67.6 Å². The number of likely N-dealkylation sites (tertiary alicyclic amines) is 1. The van der Waals surface area contributed by atoms with E-state index < -0.39 is 52.7 Å². The number of carbonyl (C=O) groups excluding carboxylic acids is 5. The summed E-state index contributed by atoms with van der Waals surface area (Å²) in [6, 6.07) is -3.25. The van der Waals surface area contributed by atoms with Crippen LogP contribution in [0.4, 0.5) is 4.79 Å². The van der Waals surface area contributed by atoms with Crippen LogP contribution >= 0.6 is 0 Å². The third-order valence-electron chi connectivity index (χ3n) is 8.72. The number of nitrogens with zero attached hydrogens (tertiary/aromatic N) is 1. The van der Waals surface area contributed by atoms with Crippen molar-refractivity contribution in [2.24, 2.45) is 28.1 Å². The minimum absolute atomic E-state index is 0.0167. The predicted octanol–water partition coefficient (Wildman–Crippen LogP) is 4.11. The summed E-state index contributed by atoms with van der Waals surface area (Å²) in [5.74, 6) is -2.34. The van der Waals surface area contributed by atoms with E-state index in [0.717, 1.165) is 6.42 Å². The van der Waals surface area contributed by atoms with Crippen molar-refractivity contribution in [3.63, 3.8) is 0 Å². The summed E-state index contributed by atoms with van der Waals surface area (Å²) < 4.78 is 0. The minimum Gasteiger partial charge on any atom is -0.349 e. The molecule has 1 heterocycles. The van der Waals surface area contributed by atoms with Gasteiger partial charge < -0.3 is 26.2 Å². The average molecular weight is 616 g/mol. The maximum Gasteiger partial charge on any atom is 0.315 e. The van der Waals surface area contributed by atoms with Crippen LogP contribution in [0.15, 0.2) is 25.3 Å². The van der Waals surface area contributed by atoms with Gasteiger partial charge in [-0.1, -0.05) is 67.5 Å². The molecular formula is C34H57N5O5. The van der Waals surface area contributed by atoms with E-state index >= 15 is 0 Å². The second-order valence-electron chi connectivity index (χ2n) is 16.0. The van der Waals surface area contributed by atoms with E-state index in [0.29, 0.717) is 19.4 Å². The van der Waals surface area contributed by atoms with Crippen LogP contribution < -0.4 is 21.3 Å². The van der Waals surface area contributed by atoms with Crippen LogP contribution in [0.25, 0.3) is 0 Å². The smallest absolute Gasteiger partial charge is 0.315 e. The highest BCUT2D eigenvalue weighted by Crippen LogP contribution is 2.65. The van der Waals surface area contributed by atoms with E-state index in [1.165, 1.54) is 0 Å². The van der Waals surface area contributed by atoms with E-state index in [2.05, 4.69) is 69.0 Å². The molecule has 2 rings (SSSR count). The minimum atomic E-state index is -1.06. The summed E-state index contributed by atoms with van der Waals surface area (Å²) >= 11 is 0. The van der Waals surface area contributed by atoms with Crippen molar-refractivity contribution in [1.82, 2.24) is 26.2 Å². The predicted molar refractivity (Wildman–Crippen MR) is 174 cm³/mol. The maximum atomic E-state index is 14.2. The number of piperidine rings is 1. The lowest BCUT2D eigenvalue weighted by Crippen LogP contribution is -2.62. The first kappa shape index (κ1) is 37.0. The number of nitrogens with one attached hydrogen (secondary N) is 4. The van der Waals surface area contributed by atoms with Crippen molar-refractivity contribution >= 4 is 29.5 Å². The van der Waals surface area contributed by atoms with Gasteiger partial charge in [0.25, 0.3) is 5.91 Å². The normalized spacial score (nSPS) is 22.1. The third kappa shape index (κ3) is 9.41. The fraction of sp³-hybridized carbons (Fsp3) is 0.735. The largest absolute Gasteiger partial charge is 0.349 e. The summed E-state index contributed by atoms with van der Waals surface area (Å²) in [6.07, 6.45) is 5.12. The topological polar surface area (TPSA) is 137 Å². The Morgan fingerprint density at radius 3 is 2.05 bits per heavy atom. The molecule has 10 nitrogen and oxygen atoms in total. The molecule has 2 fully saturated rings. The SMILES string of the molecule is C=CCCNC(=O)C(=O)C(CCC=C)NC(=O)[C@@H]1[C@@H]2[C@H](CN1C(=O)[C@@H](NC(=O)NC(C)(C)CC(C)(C)C)C(C)(C)C)C2(C)C. The maximum absolute atomic E-state index is 14.2. The Labute approximate surface area is 264 Å². The van der Waals surface area contributed by atoms with Crippen LogP contribution in [0, 0.1) is 28.1 Å². The molecule has 10 heteroatoms. The number of hydrogen-bond acceptors (Lipinski definition) is 5. The molecular weight excluding hydrogens is 558 g/mol. The highest BCUT2D eigenvalue weighted by Gasteiger charge is 2.70. The highest BCUT2D eigenvalue weighted by molar-refractivity contribution is 6.38. The second-order valence-corrected chi connectivity index (χ2v) is 16.0. The molecule has 1 aliphatic carbocycles. The quantitative estimate of drug-likeness (QED) is 0.132. The van der Waals surface area contributed by atoms with Crippen molar-refractivity contribution in [2.75, 3.05) is 13.1 Å². The van der Waals surface area contributed by atoms with E-state index in [1.807, 2.05) is 34.6 Å². The summed E-state index contributed by atoms with van der Waals surface area (Å²) in [5.41, 5.74) is -1.35. The Morgan fingerprint density at radius 2 is 1.52 bits per heavy atom. The molecule has 0 aromatic carbocycles. The molecule has 0 spiro atoms. The Bertz CT molecular complexity index is 1130. The number of carbonyl (C=O) groups is 5. The van der Waals surface area contributed by atoms with Gasteiger partial charge in [-0.3, -0.25) is 19.2 Å². The lowest BCUT2D eigenvalue weighted by Gasteiger charge is -2.39. The number of allylic oxidation sites excluding steroid dienone is 1. The van der Waals surface area contributed by atoms with Gasteiger partial charge in [0.15, 0.2) is 0 Å². The fourth-order valence-corrected chi connectivity index (χ4v) is 6.82. The molecule has 248 valence electrons. The number of urea groups is 1. The monoisotopic (exact) mass is 615 g/mol. The number of hydrogen-bond donors (Lipinski definition) is 4. The molecule has 0 bridgehead atoms. The summed E-state index contributed by atoms with van der Waals surface area (Å²) in [4.78, 5) is 68.6. The first-order valence-corrected chi connectivity index (χ1v) is 15.8. The molecule has 2 aliphatic rings. The van der Waals surface area contributed by atoms with E-state index in [1.54, 1.807) is 17.1 Å². The lowest BCUT2D eigenvalue weighted by molar-refractivity contribution is -0.145. The van der Waals surface area contributed by atoms with Gasteiger partial charge in [0.2, 0.25) is 17.6 Å². The van der Waals surface area contributed by atoms with Crippen LogP contribution in [0.1, 0.15) is 94.9 Å². The second kappa shape index (κ2) is 13.9. The van der Waals surface area contributed by atoms with Gasteiger partial charge >= 0.3 is 6.03 Å². The highest BCUT2D eigenvalue weighted by atomic mass is 16.2. The molecule has 1 aliphatic heterocycles. The molecule has 5 atom stereocenters. The molecule has 0 radical (unpaired) electrons. The van der Waals surface area contributed by atoms with Gasteiger partial charge in [0, 0.05) is 18.6 Å². The van der Waals surface area contributed by atoms with Crippen LogP contribution in [0.5, 0.6) is 0 Å².